The molecule has 1 aliphatic rings. The number of methoxy groups -OCH3 is 1. The first-order valence-electron chi connectivity index (χ1n) is 6.61. The van der Waals surface area contributed by atoms with Crippen LogP contribution in [0.25, 0.3) is 0 Å². The van der Waals surface area contributed by atoms with E-state index in [9.17, 15) is 4.79 Å². The van der Waals surface area contributed by atoms with Gasteiger partial charge in [-0.15, -0.1) is 0 Å². The third kappa shape index (κ3) is 3.93. The molecule has 18 heavy (non-hydrogen) atoms. The van der Waals surface area contributed by atoms with Crippen molar-refractivity contribution in [3.05, 3.63) is 0 Å². The number of primary amides is 1. The molecule has 0 aromatic rings. The van der Waals surface area contributed by atoms with Gasteiger partial charge in [-0.2, -0.15) is 0 Å². The Labute approximate surface area is 109 Å². The fraction of sp³-hybridized carbons (Fsp3) is 0.923. The first kappa shape index (κ1) is 15.4. The Bertz CT molecular complexity index is 283. The average Bonchev–Trinajstić information content (AvgIpc) is 2.61. The van der Waals surface area contributed by atoms with Crippen molar-refractivity contribution in [2.75, 3.05) is 13.7 Å². The highest BCUT2D eigenvalue weighted by molar-refractivity contribution is 5.85. The maximum Gasteiger partial charge on any atom is 0.237 e. The van der Waals surface area contributed by atoms with Crippen LogP contribution in [0.1, 0.15) is 40.0 Å². The van der Waals surface area contributed by atoms with E-state index < -0.39 is 5.54 Å². The third-order valence-electron chi connectivity index (χ3n) is 3.33. The van der Waals surface area contributed by atoms with E-state index in [0.717, 1.165) is 12.8 Å². The SMILES string of the molecule is COCC(C)OC1CCC(NC(C)C)(C(N)=O)C1. The summed E-state index contributed by atoms with van der Waals surface area (Å²) in [5.41, 5.74) is 4.95. The van der Waals surface area contributed by atoms with Crippen molar-refractivity contribution in [3.63, 3.8) is 0 Å². The number of carbonyl (C=O) groups is 1. The number of nitrogens with two attached hydrogens (primary N) is 1. The number of carbonyl (C=O) groups excluding carboxylic acids is 1. The lowest BCUT2D eigenvalue weighted by molar-refractivity contribution is -0.125. The average molecular weight is 258 g/mol. The van der Waals surface area contributed by atoms with Crippen LogP contribution in [-0.2, 0) is 14.3 Å². The minimum atomic E-state index is -0.606. The summed E-state index contributed by atoms with van der Waals surface area (Å²) in [5, 5.41) is 3.30. The molecule has 0 aliphatic heterocycles. The van der Waals surface area contributed by atoms with Crippen LogP contribution < -0.4 is 11.1 Å². The molecule has 0 spiro atoms. The number of rotatable bonds is 7. The number of hydrogen-bond donors (Lipinski definition) is 2. The Morgan fingerprint density at radius 3 is 2.67 bits per heavy atom. The van der Waals surface area contributed by atoms with Gasteiger partial charge in [0.15, 0.2) is 0 Å². The molecule has 1 saturated carbocycles. The molecule has 106 valence electrons. The van der Waals surface area contributed by atoms with Crippen LogP contribution in [0.3, 0.4) is 0 Å². The number of nitrogens with one attached hydrogen (secondary N) is 1. The van der Waals surface area contributed by atoms with Crippen molar-refractivity contribution in [1.82, 2.24) is 5.32 Å². The first-order chi connectivity index (χ1) is 8.39. The van der Waals surface area contributed by atoms with Crippen molar-refractivity contribution in [1.29, 1.82) is 0 Å². The summed E-state index contributed by atoms with van der Waals surface area (Å²) in [6, 6.07) is 0.229. The molecule has 1 amide bonds. The predicted molar refractivity (Wildman–Crippen MR) is 70.3 cm³/mol. The van der Waals surface area contributed by atoms with E-state index in [1.54, 1.807) is 7.11 Å². The van der Waals surface area contributed by atoms with Crippen LogP contribution in [0, 0.1) is 0 Å². The van der Waals surface area contributed by atoms with Crippen molar-refractivity contribution in [3.8, 4) is 0 Å². The Balaban J connectivity index is 2.57. The highest BCUT2D eigenvalue weighted by Gasteiger charge is 2.45. The van der Waals surface area contributed by atoms with Gasteiger partial charge in [-0.05, 0) is 33.6 Å². The second-order valence-electron chi connectivity index (χ2n) is 5.51. The molecule has 3 unspecified atom stereocenters. The summed E-state index contributed by atoms with van der Waals surface area (Å²) in [6.07, 6.45) is 2.37. The minimum Gasteiger partial charge on any atom is -0.382 e. The van der Waals surface area contributed by atoms with Gasteiger partial charge in [0.05, 0.1) is 18.8 Å². The fourth-order valence-electron chi connectivity index (χ4n) is 2.70. The molecular weight excluding hydrogens is 232 g/mol. The maximum atomic E-state index is 11.7. The van der Waals surface area contributed by atoms with Crippen molar-refractivity contribution in [2.24, 2.45) is 5.73 Å². The van der Waals surface area contributed by atoms with Crippen LogP contribution in [0.4, 0.5) is 0 Å². The highest BCUT2D eigenvalue weighted by atomic mass is 16.5. The second kappa shape index (κ2) is 6.50. The molecule has 1 aliphatic carbocycles. The van der Waals surface area contributed by atoms with E-state index in [4.69, 9.17) is 15.2 Å². The Kier molecular flexibility index (Phi) is 5.56. The zero-order valence-corrected chi connectivity index (χ0v) is 11.9. The number of amides is 1. The Hall–Kier alpha value is -0.650. The molecule has 0 radical (unpaired) electrons. The summed E-state index contributed by atoms with van der Waals surface area (Å²) in [6.45, 7) is 6.58. The summed E-state index contributed by atoms with van der Waals surface area (Å²) in [7, 11) is 1.66. The van der Waals surface area contributed by atoms with Crippen LogP contribution in [-0.4, -0.2) is 43.4 Å². The zero-order chi connectivity index (χ0) is 13.8. The lowest BCUT2D eigenvalue weighted by Crippen LogP contribution is -2.56. The van der Waals surface area contributed by atoms with Crippen molar-refractivity contribution < 1.29 is 14.3 Å². The van der Waals surface area contributed by atoms with E-state index in [0.29, 0.717) is 13.0 Å². The van der Waals surface area contributed by atoms with Crippen LogP contribution in [0.2, 0.25) is 0 Å². The molecule has 3 N–H and O–H groups in total. The highest BCUT2D eigenvalue weighted by Crippen LogP contribution is 2.33. The van der Waals surface area contributed by atoms with Crippen molar-refractivity contribution >= 4 is 5.91 Å². The molecule has 5 nitrogen and oxygen atoms in total. The van der Waals surface area contributed by atoms with Gasteiger partial charge in [0, 0.05) is 19.6 Å². The summed E-state index contributed by atoms with van der Waals surface area (Å²) >= 11 is 0. The van der Waals surface area contributed by atoms with Crippen LogP contribution in [0.5, 0.6) is 0 Å². The molecule has 0 aromatic carbocycles. The fourth-order valence-corrected chi connectivity index (χ4v) is 2.70. The van der Waals surface area contributed by atoms with Crippen LogP contribution in [0.15, 0.2) is 0 Å². The van der Waals surface area contributed by atoms with Gasteiger partial charge in [-0.1, -0.05) is 0 Å². The molecule has 0 heterocycles. The third-order valence-corrected chi connectivity index (χ3v) is 3.33. The summed E-state index contributed by atoms with van der Waals surface area (Å²) in [5.74, 6) is -0.276. The van der Waals surface area contributed by atoms with E-state index in [2.05, 4.69) is 5.32 Å². The maximum absolute atomic E-state index is 11.7. The van der Waals surface area contributed by atoms with Crippen molar-refractivity contribution in [2.45, 2.75) is 63.8 Å². The smallest absolute Gasteiger partial charge is 0.237 e. The van der Waals surface area contributed by atoms with Gasteiger partial charge in [0.25, 0.3) is 0 Å². The first-order valence-corrected chi connectivity index (χ1v) is 6.61. The lowest BCUT2D eigenvalue weighted by atomic mass is 9.95. The second-order valence-corrected chi connectivity index (χ2v) is 5.51. The molecule has 0 bridgehead atoms. The molecular formula is C13H26N2O3. The zero-order valence-electron chi connectivity index (χ0n) is 11.9. The quantitative estimate of drug-likeness (QED) is 0.709. The van der Waals surface area contributed by atoms with Gasteiger partial charge in [0.1, 0.15) is 5.54 Å². The molecule has 5 heteroatoms. The van der Waals surface area contributed by atoms with Crippen LogP contribution >= 0.6 is 0 Å². The topological polar surface area (TPSA) is 73.6 Å². The summed E-state index contributed by atoms with van der Waals surface area (Å²) < 4.78 is 10.9. The lowest BCUT2D eigenvalue weighted by Gasteiger charge is -2.29. The molecule has 3 atom stereocenters. The predicted octanol–water partition coefficient (Wildman–Crippen LogP) is 0.813. The van der Waals surface area contributed by atoms with E-state index in [1.807, 2.05) is 20.8 Å². The Morgan fingerprint density at radius 1 is 1.50 bits per heavy atom. The summed E-state index contributed by atoms with van der Waals surface area (Å²) in [4.78, 5) is 11.7. The molecule has 1 fully saturated rings. The van der Waals surface area contributed by atoms with E-state index >= 15 is 0 Å². The monoisotopic (exact) mass is 258 g/mol. The van der Waals surface area contributed by atoms with Gasteiger partial charge >= 0.3 is 0 Å². The Morgan fingerprint density at radius 2 is 2.17 bits per heavy atom. The molecule has 1 rings (SSSR count). The van der Waals surface area contributed by atoms with Gasteiger partial charge in [-0.3, -0.25) is 4.79 Å². The van der Waals surface area contributed by atoms with Gasteiger partial charge < -0.3 is 20.5 Å². The standard InChI is InChI=1S/C13H26N2O3/c1-9(2)15-13(12(14)16)6-5-11(7-13)18-10(3)8-17-4/h9-11,15H,5-8H2,1-4H3,(H2,14,16). The van der Waals surface area contributed by atoms with Gasteiger partial charge in [-0.25, -0.2) is 0 Å². The van der Waals surface area contributed by atoms with Gasteiger partial charge in [0.2, 0.25) is 5.91 Å². The molecule has 0 aromatic heterocycles. The largest absolute Gasteiger partial charge is 0.382 e. The van der Waals surface area contributed by atoms with E-state index in [1.165, 1.54) is 0 Å². The number of hydrogen-bond acceptors (Lipinski definition) is 4. The normalized spacial score (nSPS) is 29.7. The van der Waals surface area contributed by atoms with E-state index in [-0.39, 0.29) is 24.2 Å². The number of ether oxygens (including phenoxy) is 2. The molecule has 0 saturated heterocycles. The minimum absolute atomic E-state index is 0.0442.